The van der Waals surface area contributed by atoms with Crippen LogP contribution in [0.5, 0.6) is 0 Å². The molecule has 4 heteroatoms. The number of aromatic amines is 1. The molecule has 1 amide bonds. The quantitative estimate of drug-likeness (QED) is 0.897. The van der Waals surface area contributed by atoms with Crippen molar-refractivity contribution < 1.29 is 4.79 Å². The van der Waals surface area contributed by atoms with E-state index < -0.39 is 0 Å². The maximum absolute atomic E-state index is 12.2. The van der Waals surface area contributed by atoms with E-state index in [-0.39, 0.29) is 11.8 Å². The third-order valence-electron chi connectivity index (χ3n) is 3.98. The molecule has 2 aromatic rings. The number of amides is 1. The Labute approximate surface area is 118 Å². The Morgan fingerprint density at radius 1 is 1.40 bits per heavy atom. The molecule has 0 aliphatic heterocycles. The van der Waals surface area contributed by atoms with Gasteiger partial charge in [0.15, 0.2) is 0 Å². The minimum Gasteiger partial charge on any atom is -0.352 e. The lowest BCUT2D eigenvalue weighted by atomic mass is 9.87. The zero-order chi connectivity index (χ0) is 13.9. The summed E-state index contributed by atoms with van der Waals surface area (Å²) in [5.74, 6) is 0.208. The first kappa shape index (κ1) is 12.9. The first-order valence-electron chi connectivity index (χ1n) is 7.07. The van der Waals surface area contributed by atoms with Gasteiger partial charge in [-0.05, 0) is 30.9 Å². The van der Waals surface area contributed by atoms with E-state index >= 15 is 0 Å². The second kappa shape index (κ2) is 5.49. The summed E-state index contributed by atoms with van der Waals surface area (Å²) < 4.78 is 0. The van der Waals surface area contributed by atoms with Crippen LogP contribution in [0.4, 0.5) is 0 Å². The molecule has 0 saturated carbocycles. The minimum atomic E-state index is 0.0633. The Morgan fingerprint density at radius 3 is 3.00 bits per heavy atom. The highest BCUT2D eigenvalue weighted by molar-refractivity contribution is 5.79. The topological polar surface area (TPSA) is 57.8 Å². The van der Waals surface area contributed by atoms with E-state index in [0.29, 0.717) is 6.54 Å². The maximum atomic E-state index is 12.2. The molecule has 1 atom stereocenters. The Bertz CT molecular complexity index is 600. The van der Waals surface area contributed by atoms with Crippen molar-refractivity contribution in [3.8, 4) is 0 Å². The molecular formula is C16H19N3O. The van der Waals surface area contributed by atoms with Crippen molar-refractivity contribution in [3.05, 3.63) is 52.8 Å². The molecule has 20 heavy (non-hydrogen) atoms. The molecule has 104 valence electrons. The zero-order valence-electron chi connectivity index (χ0n) is 11.6. The normalized spacial score (nSPS) is 17.6. The summed E-state index contributed by atoms with van der Waals surface area (Å²) in [6.07, 6.45) is 4.49. The molecule has 2 N–H and O–H groups in total. The summed E-state index contributed by atoms with van der Waals surface area (Å²) in [6, 6.07) is 8.25. The highest BCUT2D eigenvalue weighted by Gasteiger charge is 2.25. The molecule has 1 aromatic carbocycles. The van der Waals surface area contributed by atoms with Crippen LogP contribution >= 0.6 is 0 Å². The Hall–Kier alpha value is -2.10. The molecule has 0 radical (unpaired) electrons. The number of hydrogen-bond acceptors (Lipinski definition) is 2. The lowest BCUT2D eigenvalue weighted by molar-refractivity contribution is -0.125. The largest absolute Gasteiger partial charge is 0.352 e. The van der Waals surface area contributed by atoms with Gasteiger partial charge in [-0.3, -0.25) is 9.89 Å². The molecule has 0 bridgehead atoms. The van der Waals surface area contributed by atoms with Gasteiger partial charge in [0.05, 0.1) is 6.20 Å². The fraction of sp³-hybridized carbons (Fsp3) is 0.375. The fourth-order valence-electron chi connectivity index (χ4n) is 2.67. The number of fused-ring (bicyclic) bond motifs is 1. The molecule has 1 aromatic heterocycles. The van der Waals surface area contributed by atoms with Crippen LogP contribution in [-0.4, -0.2) is 16.1 Å². The van der Waals surface area contributed by atoms with Crippen molar-refractivity contribution in [1.29, 1.82) is 0 Å². The molecule has 1 aliphatic rings. The highest BCUT2D eigenvalue weighted by Crippen LogP contribution is 2.23. The number of H-pyrrole nitrogens is 1. The predicted molar refractivity (Wildman–Crippen MR) is 77.1 cm³/mol. The van der Waals surface area contributed by atoms with E-state index in [2.05, 4.69) is 46.7 Å². The van der Waals surface area contributed by atoms with Crippen molar-refractivity contribution >= 4 is 5.91 Å². The fourth-order valence-corrected chi connectivity index (χ4v) is 2.67. The average Bonchev–Trinajstić information content (AvgIpc) is 2.93. The maximum Gasteiger partial charge on any atom is 0.223 e. The summed E-state index contributed by atoms with van der Waals surface area (Å²) >= 11 is 0. The Kier molecular flexibility index (Phi) is 3.54. The van der Waals surface area contributed by atoms with Gasteiger partial charge in [-0.25, -0.2) is 0 Å². The van der Waals surface area contributed by atoms with Gasteiger partial charge in [0.1, 0.15) is 0 Å². The minimum absolute atomic E-state index is 0.0633. The third-order valence-corrected chi connectivity index (χ3v) is 3.98. The molecule has 1 heterocycles. The van der Waals surface area contributed by atoms with Crippen molar-refractivity contribution in [2.24, 2.45) is 5.92 Å². The number of nitrogens with zero attached hydrogens (tertiary/aromatic N) is 1. The molecule has 1 aliphatic carbocycles. The summed E-state index contributed by atoms with van der Waals surface area (Å²) in [6.45, 7) is 2.66. The summed E-state index contributed by atoms with van der Waals surface area (Å²) in [7, 11) is 0. The van der Waals surface area contributed by atoms with E-state index in [1.165, 1.54) is 11.1 Å². The zero-order valence-corrected chi connectivity index (χ0v) is 11.6. The van der Waals surface area contributed by atoms with Crippen molar-refractivity contribution in [3.63, 3.8) is 0 Å². The second-order valence-corrected chi connectivity index (χ2v) is 5.52. The number of hydrogen-bond donors (Lipinski definition) is 2. The highest BCUT2D eigenvalue weighted by atomic mass is 16.1. The molecule has 0 spiro atoms. The van der Waals surface area contributed by atoms with Crippen LogP contribution in [0, 0.1) is 12.8 Å². The number of nitrogens with one attached hydrogen (secondary N) is 2. The van der Waals surface area contributed by atoms with Crippen LogP contribution in [0.1, 0.15) is 28.8 Å². The monoisotopic (exact) mass is 269 g/mol. The Balaban J connectivity index is 1.56. The van der Waals surface area contributed by atoms with Gasteiger partial charge in [-0.15, -0.1) is 0 Å². The van der Waals surface area contributed by atoms with Gasteiger partial charge in [-0.1, -0.05) is 29.8 Å². The summed E-state index contributed by atoms with van der Waals surface area (Å²) in [5, 5.41) is 10.1. The van der Waals surface area contributed by atoms with E-state index in [1.54, 1.807) is 0 Å². The molecular weight excluding hydrogens is 250 g/mol. The van der Waals surface area contributed by atoms with Crippen LogP contribution in [-0.2, 0) is 24.2 Å². The van der Waals surface area contributed by atoms with Gasteiger partial charge in [0.25, 0.3) is 0 Å². The molecule has 4 nitrogen and oxygen atoms in total. The predicted octanol–water partition coefficient (Wildman–Crippen LogP) is 2.14. The standard InChI is InChI=1S/C16H19N3O/c1-11-2-4-12(5-3-11)9-17-16(20)13-6-7-14-10-18-19-15(14)8-13/h2-5,10,13H,6-9H2,1H3,(H,17,20)(H,18,19). The number of carbonyl (C=O) groups is 1. The van der Waals surface area contributed by atoms with Gasteiger partial charge in [-0.2, -0.15) is 5.10 Å². The smallest absolute Gasteiger partial charge is 0.223 e. The van der Waals surface area contributed by atoms with Crippen molar-refractivity contribution in [2.45, 2.75) is 32.7 Å². The second-order valence-electron chi connectivity index (χ2n) is 5.52. The SMILES string of the molecule is Cc1ccc(CNC(=O)C2CCc3cn[nH]c3C2)cc1. The van der Waals surface area contributed by atoms with E-state index in [0.717, 1.165) is 30.5 Å². The molecule has 3 rings (SSSR count). The first-order chi connectivity index (χ1) is 9.72. The van der Waals surface area contributed by atoms with Gasteiger partial charge >= 0.3 is 0 Å². The lowest BCUT2D eigenvalue weighted by Gasteiger charge is -2.20. The number of carbonyl (C=O) groups excluding carboxylic acids is 1. The van der Waals surface area contributed by atoms with E-state index in [1.807, 2.05) is 6.20 Å². The number of aromatic nitrogens is 2. The molecule has 0 fully saturated rings. The third kappa shape index (κ3) is 2.74. The van der Waals surface area contributed by atoms with E-state index in [4.69, 9.17) is 0 Å². The van der Waals surface area contributed by atoms with Crippen LogP contribution in [0.15, 0.2) is 30.5 Å². The lowest BCUT2D eigenvalue weighted by Crippen LogP contribution is -2.33. The van der Waals surface area contributed by atoms with Gasteiger partial charge in [0, 0.05) is 24.6 Å². The van der Waals surface area contributed by atoms with Crippen molar-refractivity contribution in [1.82, 2.24) is 15.5 Å². The van der Waals surface area contributed by atoms with E-state index in [9.17, 15) is 4.79 Å². The van der Waals surface area contributed by atoms with Crippen LogP contribution < -0.4 is 5.32 Å². The summed E-state index contributed by atoms with van der Waals surface area (Å²) in [5.41, 5.74) is 4.75. The Morgan fingerprint density at radius 2 is 2.20 bits per heavy atom. The van der Waals surface area contributed by atoms with Gasteiger partial charge in [0.2, 0.25) is 5.91 Å². The average molecular weight is 269 g/mol. The van der Waals surface area contributed by atoms with Crippen LogP contribution in [0.3, 0.4) is 0 Å². The van der Waals surface area contributed by atoms with Crippen LogP contribution in [0.25, 0.3) is 0 Å². The number of rotatable bonds is 3. The molecule has 0 saturated heterocycles. The number of aryl methyl sites for hydroxylation is 2. The summed E-state index contributed by atoms with van der Waals surface area (Å²) in [4.78, 5) is 12.2. The first-order valence-corrected chi connectivity index (χ1v) is 7.07. The molecule has 1 unspecified atom stereocenters. The van der Waals surface area contributed by atoms with Crippen molar-refractivity contribution in [2.75, 3.05) is 0 Å². The van der Waals surface area contributed by atoms with Gasteiger partial charge < -0.3 is 5.32 Å². The number of benzene rings is 1. The van der Waals surface area contributed by atoms with Crippen LogP contribution in [0.2, 0.25) is 0 Å².